The van der Waals surface area contributed by atoms with Crippen LogP contribution in [0.2, 0.25) is 0 Å². The predicted octanol–water partition coefficient (Wildman–Crippen LogP) is 5.39. The molecule has 0 N–H and O–H groups in total. The van der Waals surface area contributed by atoms with Gasteiger partial charge in [0.2, 0.25) is 0 Å². The zero-order valence-corrected chi connectivity index (χ0v) is 12.2. The Morgan fingerprint density at radius 2 is 1.35 bits per heavy atom. The Bertz CT molecular complexity index is 129. The van der Waals surface area contributed by atoms with Gasteiger partial charge in [0.05, 0.1) is 0 Å². The van der Waals surface area contributed by atoms with Crippen LogP contribution in [0.25, 0.3) is 0 Å². The summed E-state index contributed by atoms with van der Waals surface area (Å²) in [6, 6.07) is 0. The summed E-state index contributed by atoms with van der Waals surface area (Å²) in [7, 11) is 0. The third-order valence-corrected chi connectivity index (χ3v) is 3.55. The van der Waals surface area contributed by atoms with Crippen molar-refractivity contribution in [2.75, 3.05) is 13.2 Å². The molecule has 0 rings (SSSR count). The van der Waals surface area contributed by atoms with E-state index >= 15 is 0 Å². The van der Waals surface area contributed by atoms with Crippen LogP contribution in [0.15, 0.2) is 0 Å². The number of hydrogen-bond donors (Lipinski definition) is 0. The van der Waals surface area contributed by atoms with Crippen molar-refractivity contribution in [3.63, 3.8) is 0 Å². The molecule has 17 heavy (non-hydrogen) atoms. The molecule has 0 aromatic heterocycles. The van der Waals surface area contributed by atoms with E-state index in [1.54, 1.807) is 0 Å². The number of rotatable bonds is 13. The van der Waals surface area contributed by atoms with Gasteiger partial charge in [0.15, 0.2) is 0 Å². The molecule has 0 aliphatic heterocycles. The van der Waals surface area contributed by atoms with Gasteiger partial charge in [0.1, 0.15) is 0 Å². The summed E-state index contributed by atoms with van der Waals surface area (Å²) >= 11 is 0. The van der Waals surface area contributed by atoms with Gasteiger partial charge >= 0.3 is 0 Å². The van der Waals surface area contributed by atoms with E-state index in [-0.39, 0.29) is 0 Å². The maximum absolute atomic E-state index is 5.71. The van der Waals surface area contributed by atoms with Gasteiger partial charge in [-0.2, -0.15) is 0 Å². The van der Waals surface area contributed by atoms with Gasteiger partial charge in [0, 0.05) is 13.2 Å². The molecular weight excluding hydrogens is 208 g/mol. The normalized spacial score (nSPS) is 11.3. The third kappa shape index (κ3) is 12.2. The predicted molar refractivity (Wildman–Crippen MR) is 77.2 cm³/mol. The van der Waals surface area contributed by atoms with Crippen molar-refractivity contribution < 1.29 is 4.74 Å². The van der Waals surface area contributed by atoms with Crippen LogP contribution in [0, 0.1) is 12.8 Å². The Hall–Kier alpha value is -0.0400. The van der Waals surface area contributed by atoms with E-state index in [4.69, 9.17) is 4.74 Å². The summed E-state index contributed by atoms with van der Waals surface area (Å²) in [5, 5.41) is 0. The van der Waals surface area contributed by atoms with Crippen LogP contribution in [0.1, 0.15) is 78.1 Å². The minimum atomic E-state index is 0.776. The molecule has 1 nitrogen and oxygen atoms in total. The van der Waals surface area contributed by atoms with E-state index in [0.717, 1.165) is 25.6 Å². The van der Waals surface area contributed by atoms with Crippen LogP contribution in [0.4, 0.5) is 0 Å². The molecular formula is C16H33O. The first-order valence-corrected chi connectivity index (χ1v) is 7.72. The van der Waals surface area contributed by atoms with Gasteiger partial charge in [-0.1, -0.05) is 78.6 Å². The lowest BCUT2D eigenvalue weighted by Crippen LogP contribution is -2.08. The van der Waals surface area contributed by atoms with Crippen LogP contribution < -0.4 is 0 Å². The number of hydrogen-bond acceptors (Lipinski definition) is 1. The second-order valence-corrected chi connectivity index (χ2v) is 5.09. The van der Waals surface area contributed by atoms with Crippen molar-refractivity contribution >= 4 is 0 Å². The molecule has 0 aromatic rings. The first kappa shape index (κ1) is 17.0. The molecule has 103 valence electrons. The zero-order valence-electron chi connectivity index (χ0n) is 12.2. The van der Waals surface area contributed by atoms with Crippen molar-refractivity contribution in [2.45, 2.75) is 78.1 Å². The molecule has 0 atom stereocenters. The molecule has 0 heterocycles. The molecule has 0 aliphatic rings. The fourth-order valence-electron chi connectivity index (χ4n) is 2.04. The van der Waals surface area contributed by atoms with E-state index in [1.807, 2.05) is 0 Å². The summed E-state index contributed by atoms with van der Waals surface area (Å²) in [6.07, 6.45) is 13.0. The summed E-state index contributed by atoms with van der Waals surface area (Å²) in [5.74, 6) is 0.776. The lowest BCUT2D eigenvalue weighted by Gasteiger charge is -2.12. The van der Waals surface area contributed by atoms with Crippen LogP contribution in [0.5, 0.6) is 0 Å². The fourth-order valence-corrected chi connectivity index (χ4v) is 2.04. The Kier molecular flexibility index (Phi) is 14.0. The summed E-state index contributed by atoms with van der Waals surface area (Å²) in [6.45, 7) is 10.3. The maximum Gasteiger partial charge on any atom is 0.0494 e. The molecule has 0 unspecified atom stereocenters. The molecule has 1 heteroatoms. The number of unbranched alkanes of at least 4 members (excludes halogenated alkanes) is 7. The Morgan fingerprint density at radius 1 is 0.824 bits per heavy atom. The topological polar surface area (TPSA) is 9.23 Å². The highest BCUT2D eigenvalue weighted by atomic mass is 16.5. The van der Waals surface area contributed by atoms with Crippen LogP contribution >= 0.6 is 0 Å². The minimum absolute atomic E-state index is 0.776. The highest BCUT2D eigenvalue weighted by Crippen LogP contribution is 2.10. The second kappa shape index (κ2) is 14.0. The summed E-state index contributed by atoms with van der Waals surface area (Å²) in [4.78, 5) is 0. The second-order valence-electron chi connectivity index (χ2n) is 5.09. The molecule has 0 aliphatic carbocycles. The molecule has 0 aromatic carbocycles. The molecule has 1 radical (unpaired) electrons. The van der Waals surface area contributed by atoms with Gasteiger partial charge < -0.3 is 4.74 Å². The number of ether oxygens (including phenoxy) is 1. The molecule has 0 spiro atoms. The molecule has 0 bridgehead atoms. The van der Waals surface area contributed by atoms with Crippen molar-refractivity contribution in [1.29, 1.82) is 0 Å². The van der Waals surface area contributed by atoms with Crippen LogP contribution in [-0.2, 0) is 4.74 Å². The van der Waals surface area contributed by atoms with E-state index in [0.29, 0.717) is 0 Å². The lowest BCUT2D eigenvalue weighted by molar-refractivity contribution is 0.0932. The van der Waals surface area contributed by atoms with Crippen molar-refractivity contribution in [2.24, 2.45) is 5.92 Å². The van der Waals surface area contributed by atoms with Gasteiger partial charge in [-0.25, -0.2) is 0 Å². The molecule has 0 amide bonds. The SMILES string of the molecule is [CH2]CCCCCCCCCOCC(CC)CC. The largest absolute Gasteiger partial charge is 0.381 e. The van der Waals surface area contributed by atoms with E-state index in [1.165, 1.54) is 57.8 Å². The van der Waals surface area contributed by atoms with E-state index in [9.17, 15) is 0 Å². The minimum Gasteiger partial charge on any atom is -0.381 e. The van der Waals surface area contributed by atoms with Crippen molar-refractivity contribution in [3.05, 3.63) is 6.92 Å². The van der Waals surface area contributed by atoms with Gasteiger partial charge in [-0.15, -0.1) is 0 Å². The fraction of sp³-hybridized carbons (Fsp3) is 0.938. The average molecular weight is 241 g/mol. The smallest absolute Gasteiger partial charge is 0.0494 e. The lowest BCUT2D eigenvalue weighted by atomic mass is 10.1. The Morgan fingerprint density at radius 3 is 1.88 bits per heavy atom. The van der Waals surface area contributed by atoms with E-state index < -0.39 is 0 Å². The Labute approximate surface area is 109 Å². The zero-order chi connectivity index (χ0) is 12.8. The molecule has 0 fully saturated rings. The highest BCUT2D eigenvalue weighted by molar-refractivity contribution is 4.52. The highest BCUT2D eigenvalue weighted by Gasteiger charge is 2.02. The quantitative estimate of drug-likeness (QED) is 0.393. The Balaban J connectivity index is 3.03. The van der Waals surface area contributed by atoms with Crippen LogP contribution in [-0.4, -0.2) is 13.2 Å². The molecule has 0 saturated heterocycles. The first-order chi connectivity index (χ1) is 8.35. The standard InChI is InChI=1S/C16H33O/c1-4-7-8-9-10-11-12-13-14-17-15-16(5-2)6-3/h16H,1,4-15H2,2-3H3. The summed E-state index contributed by atoms with van der Waals surface area (Å²) < 4.78 is 5.71. The average Bonchev–Trinajstić information content (AvgIpc) is 2.36. The third-order valence-electron chi connectivity index (χ3n) is 3.55. The van der Waals surface area contributed by atoms with Crippen molar-refractivity contribution in [3.8, 4) is 0 Å². The van der Waals surface area contributed by atoms with Gasteiger partial charge in [-0.05, 0) is 12.3 Å². The van der Waals surface area contributed by atoms with Crippen LogP contribution in [0.3, 0.4) is 0 Å². The monoisotopic (exact) mass is 241 g/mol. The van der Waals surface area contributed by atoms with Crippen molar-refractivity contribution in [1.82, 2.24) is 0 Å². The maximum atomic E-state index is 5.71. The van der Waals surface area contributed by atoms with Gasteiger partial charge in [0.25, 0.3) is 0 Å². The molecule has 0 saturated carbocycles. The summed E-state index contributed by atoms with van der Waals surface area (Å²) in [5.41, 5.74) is 0. The first-order valence-electron chi connectivity index (χ1n) is 7.72. The van der Waals surface area contributed by atoms with Gasteiger partial charge in [-0.3, -0.25) is 0 Å². The van der Waals surface area contributed by atoms with E-state index in [2.05, 4.69) is 20.8 Å².